The third-order valence-electron chi connectivity index (χ3n) is 2.08. The van der Waals surface area contributed by atoms with Gasteiger partial charge in [0.25, 0.3) is 0 Å². The van der Waals surface area contributed by atoms with Gasteiger partial charge in [-0.05, 0) is 40.5 Å². The van der Waals surface area contributed by atoms with Crippen LogP contribution in [0.5, 0.6) is 0 Å². The van der Waals surface area contributed by atoms with Gasteiger partial charge in [-0.3, -0.25) is 0 Å². The Morgan fingerprint density at radius 2 is 2.00 bits per heavy atom. The Kier molecular flexibility index (Phi) is 4.67. The molecule has 1 aromatic carbocycles. The quantitative estimate of drug-likeness (QED) is 0.852. The SMILES string of the molecule is O=C(O)c1ccc(Br)c(S(=O)(=O)CCCO)c1. The van der Waals surface area contributed by atoms with Crippen LogP contribution in [-0.4, -0.2) is 37.0 Å². The summed E-state index contributed by atoms with van der Waals surface area (Å²) in [6.07, 6.45) is 0.117. The van der Waals surface area contributed by atoms with E-state index in [0.29, 0.717) is 4.47 Å². The molecule has 0 aliphatic rings. The second-order valence-corrected chi connectivity index (χ2v) is 6.28. The highest BCUT2D eigenvalue weighted by atomic mass is 79.9. The van der Waals surface area contributed by atoms with Crippen LogP contribution in [-0.2, 0) is 9.84 Å². The lowest BCUT2D eigenvalue weighted by atomic mass is 10.2. The predicted octanol–water partition coefficient (Wildman–Crippen LogP) is 1.30. The van der Waals surface area contributed by atoms with Crippen molar-refractivity contribution in [3.8, 4) is 0 Å². The maximum Gasteiger partial charge on any atom is 0.335 e. The first kappa shape index (κ1) is 14.1. The molecule has 0 spiro atoms. The first-order valence-corrected chi connectivity index (χ1v) is 7.19. The van der Waals surface area contributed by atoms with Crippen LogP contribution in [0.2, 0.25) is 0 Å². The van der Waals surface area contributed by atoms with Crippen molar-refractivity contribution in [2.75, 3.05) is 12.4 Å². The summed E-state index contributed by atoms with van der Waals surface area (Å²) in [6.45, 7) is -0.227. The second-order valence-electron chi connectivity index (χ2n) is 3.35. The normalized spacial score (nSPS) is 11.4. The number of carboxylic acid groups (broad SMARTS) is 1. The minimum Gasteiger partial charge on any atom is -0.478 e. The van der Waals surface area contributed by atoms with Gasteiger partial charge in [0.05, 0.1) is 16.2 Å². The van der Waals surface area contributed by atoms with Gasteiger partial charge < -0.3 is 10.2 Å². The van der Waals surface area contributed by atoms with Crippen LogP contribution in [0.3, 0.4) is 0 Å². The van der Waals surface area contributed by atoms with Crippen molar-refractivity contribution in [1.82, 2.24) is 0 Å². The standard InChI is InChI=1S/C10H11BrO5S/c11-8-3-2-7(10(13)14)6-9(8)17(15,16)5-1-4-12/h2-3,6,12H,1,4-5H2,(H,13,14). The monoisotopic (exact) mass is 322 g/mol. The van der Waals surface area contributed by atoms with Crippen molar-refractivity contribution in [3.63, 3.8) is 0 Å². The molecule has 1 aromatic rings. The van der Waals surface area contributed by atoms with Gasteiger partial charge in [-0.15, -0.1) is 0 Å². The Morgan fingerprint density at radius 1 is 1.35 bits per heavy atom. The number of aliphatic hydroxyl groups excluding tert-OH is 1. The van der Waals surface area contributed by atoms with Crippen molar-refractivity contribution in [2.24, 2.45) is 0 Å². The van der Waals surface area contributed by atoms with Crippen molar-refractivity contribution >= 4 is 31.7 Å². The number of hydrogen-bond donors (Lipinski definition) is 2. The van der Waals surface area contributed by atoms with Crippen molar-refractivity contribution in [2.45, 2.75) is 11.3 Å². The number of hydrogen-bond acceptors (Lipinski definition) is 4. The third kappa shape index (κ3) is 3.52. The Labute approximate surface area is 107 Å². The van der Waals surface area contributed by atoms with Gasteiger partial charge in [-0.25, -0.2) is 13.2 Å². The molecule has 0 saturated heterocycles. The maximum atomic E-state index is 11.9. The van der Waals surface area contributed by atoms with E-state index in [4.69, 9.17) is 10.2 Å². The van der Waals surface area contributed by atoms with E-state index in [-0.39, 0.29) is 29.2 Å². The molecule has 0 unspecified atom stereocenters. The zero-order chi connectivity index (χ0) is 13.1. The van der Waals surface area contributed by atoms with Gasteiger partial charge in [0.1, 0.15) is 0 Å². The molecule has 1 rings (SSSR count). The summed E-state index contributed by atoms with van der Waals surface area (Å²) in [5.41, 5.74) is -0.0872. The molecule has 0 bridgehead atoms. The van der Waals surface area contributed by atoms with Gasteiger partial charge >= 0.3 is 5.97 Å². The van der Waals surface area contributed by atoms with Gasteiger partial charge in [-0.2, -0.15) is 0 Å². The van der Waals surface area contributed by atoms with Crippen molar-refractivity contribution in [1.29, 1.82) is 0 Å². The topological polar surface area (TPSA) is 91.7 Å². The molecule has 0 aliphatic carbocycles. The number of benzene rings is 1. The van der Waals surface area contributed by atoms with E-state index in [1.54, 1.807) is 0 Å². The van der Waals surface area contributed by atoms with Crippen LogP contribution in [0, 0.1) is 0 Å². The molecule has 7 heteroatoms. The van der Waals surface area contributed by atoms with E-state index in [0.717, 1.165) is 6.07 Å². The lowest BCUT2D eigenvalue weighted by molar-refractivity contribution is 0.0696. The highest BCUT2D eigenvalue weighted by molar-refractivity contribution is 9.10. The number of aromatic carboxylic acids is 1. The molecule has 0 fully saturated rings. The first-order valence-electron chi connectivity index (χ1n) is 4.75. The molecule has 0 radical (unpaired) electrons. The number of sulfone groups is 1. The zero-order valence-electron chi connectivity index (χ0n) is 8.76. The Bertz CT molecular complexity index is 523. The van der Waals surface area contributed by atoms with E-state index in [1.807, 2.05) is 0 Å². The van der Waals surface area contributed by atoms with Gasteiger partial charge in [-0.1, -0.05) is 0 Å². The molecule has 0 heterocycles. The minimum absolute atomic E-state index is 0.0640. The van der Waals surface area contributed by atoms with Crippen LogP contribution < -0.4 is 0 Å². The summed E-state index contributed by atoms with van der Waals surface area (Å²) < 4.78 is 24.0. The van der Waals surface area contributed by atoms with Crippen molar-refractivity contribution < 1.29 is 23.4 Å². The van der Waals surface area contributed by atoms with E-state index in [2.05, 4.69) is 15.9 Å². The number of carboxylic acids is 1. The maximum absolute atomic E-state index is 11.9. The van der Waals surface area contributed by atoms with E-state index in [1.165, 1.54) is 12.1 Å². The Morgan fingerprint density at radius 3 is 2.53 bits per heavy atom. The molecular formula is C10H11BrO5S. The van der Waals surface area contributed by atoms with Gasteiger partial charge in [0, 0.05) is 11.1 Å². The number of halogens is 1. The lowest BCUT2D eigenvalue weighted by Gasteiger charge is -2.07. The summed E-state index contributed by atoms with van der Waals surface area (Å²) in [6, 6.07) is 3.81. The van der Waals surface area contributed by atoms with E-state index >= 15 is 0 Å². The predicted molar refractivity (Wildman–Crippen MR) is 64.9 cm³/mol. The molecular weight excluding hydrogens is 312 g/mol. The summed E-state index contributed by atoms with van der Waals surface area (Å²) in [5.74, 6) is -1.40. The molecule has 5 nitrogen and oxygen atoms in total. The highest BCUT2D eigenvalue weighted by Crippen LogP contribution is 2.24. The fourth-order valence-corrected chi connectivity index (χ4v) is 3.63. The largest absolute Gasteiger partial charge is 0.478 e. The van der Waals surface area contributed by atoms with Crippen LogP contribution in [0.15, 0.2) is 27.6 Å². The number of rotatable bonds is 5. The van der Waals surface area contributed by atoms with Crippen LogP contribution >= 0.6 is 15.9 Å². The molecule has 0 saturated carbocycles. The molecule has 0 aliphatic heterocycles. The average molecular weight is 323 g/mol. The Hall–Kier alpha value is -0.920. The van der Waals surface area contributed by atoms with Gasteiger partial charge in [0.15, 0.2) is 9.84 Å². The molecule has 2 N–H and O–H groups in total. The van der Waals surface area contributed by atoms with Gasteiger partial charge in [0.2, 0.25) is 0 Å². The number of aliphatic hydroxyl groups is 1. The fraction of sp³-hybridized carbons (Fsp3) is 0.300. The molecule has 17 heavy (non-hydrogen) atoms. The molecule has 0 atom stereocenters. The molecule has 0 amide bonds. The average Bonchev–Trinajstić information content (AvgIpc) is 2.26. The summed E-state index contributed by atoms with van der Waals surface area (Å²) in [5, 5.41) is 17.4. The fourth-order valence-electron chi connectivity index (χ4n) is 1.24. The second kappa shape index (κ2) is 5.61. The first-order chi connectivity index (χ1) is 7.88. The lowest BCUT2D eigenvalue weighted by Crippen LogP contribution is -2.10. The minimum atomic E-state index is -3.58. The van der Waals surface area contributed by atoms with Crippen LogP contribution in [0.1, 0.15) is 16.8 Å². The number of carbonyl (C=O) groups is 1. The zero-order valence-corrected chi connectivity index (χ0v) is 11.2. The smallest absolute Gasteiger partial charge is 0.335 e. The molecule has 94 valence electrons. The third-order valence-corrected chi connectivity index (χ3v) is 4.87. The van der Waals surface area contributed by atoms with E-state index < -0.39 is 15.8 Å². The Balaban J connectivity index is 3.20. The van der Waals surface area contributed by atoms with Crippen molar-refractivity contribution in [3.05, 3.63) is 28.2 Å². The van der Waals surface area contributed by atoms with Crippen LogP contribution in [0.4, 0.5) is 0 Å². The van der Waals surface area contributed by atoms with Crippen LogP contribution in [0.25, 0.3) is 0 Å². The van der Waals surface area contributed by atoms with E-state index in [9.17, 15) is 13.2 Å². The summed E-state index contributed by atoms with van der Waals surface area (Å²) in [7, 11) is -3.58. The summed E-state index contributed by atoms with van der Waals surface area (Å²) in [4.78, 5) is 10.7. The highest BCUT2D eigenvalue weighted by Gasteiger charge is 2.19. The molecule has 0 aromatic heterocycles. The summed E-state index contributed by atoms with van der Waals surface area (Å²) >= 11 is 3.07.